The van der Waals surface area contributed by atoms with Gasteiger partial charge in [0.05, 0.1) is 11.4 Å². The predicted octanol–water partition coefficient (Wildman–Crippen LogP) is 3.07. The lowest BCUT2D eigenvalue weighted by Gasteiger charge is -2.22. The quantitative estimate of drug-likeness (QED) is 0.612. The van der Waals surface area contributed by atoms with Gasteiger partial charge in [0.2, 0.25) is 0 Å². The molecule has 3 aromatic rings. The summed E-state index contributed by atoms with van der Waals surface area (Å²) in [5.74, 6) is -0.185. The summed E-state index contributed by atoms with van der Waals surface area (Å²) in [4.78, 5) is 12.8. The fourth-order valence-electron chi connectivity index (χ4n) is 3.35. The van der Waals surface area contributed by atoms with Crippen molar-refractivity contribution in [2.75, 3.05) is 14.1 Å². The van der Waals surface area contributed by atoms with Crippen molar-refractivity contribution in [2.24, 2.45) is 4.99 Å². The van der Waals surface area contributed by atoms with Crippen LogP contribution in [0.4, 0.5) is 0 Å². The van der Waals surface area contributed by atoms with E-state index in [4.69, 9.17) is 11.6 Å². The number of imidazole rings is 1. The van der Waals surface area contributed by atoms with E-state index in [1.165, 1.54) is 14.1 Å². The van der Waals surface area contributed by atoms with Gasteiger partial charge in [0.15, 0.2) is 0 Å². The molecule has 30 heavy (non-hydrogen) atoms. The average Bonchev–Trinajstić information content (AvgIpc) is 3.12. The molecule has 156 valence electrons. The number of hydrogen-bond donors (Lipinski definition) is 1. The summed E-state index contributed by atoms with van der Waals surface area (Å²) in [5, 5.41) is 0.138. The largest absolute Gasteiger partial charge is 0.303 e. The Morgan fingerprint density at radius 2 is 2.00 bits per heavy atom. The molecule has 0 amide bonds. The highest BCUT2D eigenvalue weighted by atomic mass is 35.5. The minimum absolute atomic E-state index is 0.138. The average molecular weight is 445 g/mol. The van der Waals surface area contributed by atoms with Crippen molar-refractivity contribution in [1.82, 2.24) is 23.4 Å². The molecule has 0 fully saturated rings. The van der Waals surface area contributed by atoms with Crippen LogP contribution in [0.25, 0.3) is 16.8 Å². The van der Waals surface area contributed by atoms with Crippen LogP contribution in [0.5, 0.6) is 0 Å². The normalized spacial score (nSPS) is 17.2. The Labute approximate surface area is 180 Å². The highest BCUT2D eigenvalue weighted by molar-refractivity contribution is 7.87. The number of nitrogens with one attached hydrogen (secondary N) is 1. The van der Waals surface area contributed by atoms with Crippen molar-refractivity contribution in [2.45, 2.75) is 19.3 Å². The number of halogens is 1. The number of aliphatic imine (C=N–C) groups is 1. The van der Waals surface area contributed by atoms with Crippen molar-refractivity contribution in [3.63, 3.8) is 0 Å². The zero-order valence-corrected chi connectivity index (χ0v) is 18.3. The molecule has 1 N–H and O–H groups in total. The molecule has 0 saturated carbocycles. The van der Waals surface area contributed by atoms with E-state index in [0.29, 0.717) is 12.1 Å². The van der Waals surface area contributed by atoms with Crippen LogP contribution in [0.2, 0.25) is 0 Å². The van der Waals surface area contributed by atoms with Gasteiger partial charge in [-0.1, -0.05) is 11.6 Å². The summed E-state index contributed by atoms with van der Waals surface area (Å²) in [6, 6.07) is 5.95. The van der Waals surface area contributed by atoms with E-state index < -0.39 is 10.2 Å². The Balaban J connectivity index is 1.71. The molecule has 1 aliphatic heterocycles. The van der Waals surface area contributed by atoms with Gasteiger partial charge >= 0.3 is 10.2 Å². The van der Waals surface area contributed by atoms with Crippen LogP contribution in [0, 0.1) is 6.92 Å². The van der Waals surface area contributed by atoms with Gasteiger partial charge in [-0.3, -0.25) is 9.71 Å². The first-order chi connectivity index (χ1) is 14.3. The molecule has 4 rings (SSSR count). The number of pyridine rings is 2. The third-order valence-corrected chi connectivity index (χ3v) is 6.82. The van der Waals surface area contributed by atoms with Crippen LogP contribution in [-0.4, -0.2) is 47.4 Å². The molecular formula is C20H21ClN6O2S. The van der Waals surface area contributed by atoms with Crippen molar-refractivity contribution in [1.29, 1.82) is 0 Å². The molecule has 4 heterocycles. The SMILES string of the molecule is Cc1cc2ncc(C3C=NC(Cl)=C(NS(=O)(=O)N(C)C)C3)n2cc1-c1ccncc1. The fourth-order valence-corrected chi connectivity index (χ4v) is 4.26. The third-order valence-electron chi connectivity index (χ3n) is 5.03. The van der Waals surface area contributed by atoms with E-state index >= 15 is 0 Å². The fraction of sp³-hybridized carbons (Fsp3) is 0.250. The molecule has 0 spiro atoms. The van der Waals surface area contributed by atoms with Gasteiger partial charge in [0.1, 0.15) is 10.8 Å². The summed E-state index contributed by atoms with van der Waals surface area (Å²) >= 11 is 6.17. The number of hydrogen-bond acceptors (Lipinski definition) is 5. The van der Waals surface area contributed by atoms with Gasteiger partial charge in [0, 0.05) is 63.0 Å². The molecular weight excluding hydrogens is 424 g/mol. The highest BCUT2D eigenvalue weighted by Crippen LogP contribution is 2.31. The van der Waals surface area contributed by atoms with E-state index in [1.807, 2.05) is 35.7 Å². The monoisotopic (exact) mass is 444 g/mol. The second-order valence-corrected chi connectivity index (χ2v) is 9.51. The Morgan fingerprint density at radius 3 is 2.70 bits per heavy atom. The maximum Gasteiger partial charge on any atom is 0.300 e. The van der Waals surface area contributed by atoms with Crippen molar-refractivity contribution in [3.8, 4) is 11.1 Å². The summed E-state index contributed by atoms with van der Waals surface area (Å²) in [5.41, 5.74) is 5.29. The minimum atomic E-state index is -3.68. The smallest absolute Gasteiger partial charge is 0.300 e. The molecule has 8 nitrogen and oxygen atoms in total. The Kier molecular flexibility index (Phi) is 5.35. The number of aromatic nitrogens is 3. The van der Waals surface area contributed by atoms with Crippen LogP contribution < -0.4 is 4.72 Å². The molecule has 0 aromatic carbocycles. The minimum Gasteiger partial charge on any atom is -0.303 e. The van der Waals surface area contributed by atoms with E-state index in [-0.39, 0.29) is 11.1 Å². The summed E-state index contributed by atoms with van der Waals surface area (Å²) in [6.07, 6.45) is 9.45. The second kappa shape index (κ2) is 7.82. The summed E-state index contributed by atoms with van der Waals surface area (Å²) in [7, 11) is -0.771. The molecule has 0 radical (unpaired) electrons. The van der Waals surface area contributed by atoms with Crippen molar-refractivity contribution in [3.05, 3.63) is 65.1 Å². The Hall–Kier alpha value is -2.75. The Morgan fingerprint density at radius 1 is 1.27 bits per heavy atom. The first-order valence-electron chi connectivity index (χ1n) is 9.27. The van der Waals surface area contributed by atoms with Gasteiger partial charge in [-0.2, -0.15) is 12.7 Å². The van der Waals surface area contributed by atoms with Crippen LogP contribution in [0.3, 0.4) is 0 Å². The van der Waals surface area contributed by atoms with Crippen LogP contribution in [0.15, 0.2) is 58.8 Å². The van der Waals surface area contributed by atoms with Gasteiger partial charge in [0.25, 0.3) is 0 Å². The van der Waals surface area contributed by atoms with E-state index in [9.17, 15) is 8.42 Å². The molecule has 10 heteroatoms. The van der Waals surface area contributed by atoms with Gasteiger partial charge in [-0.05, 0) is 36.2 Å². The standard InChI is InChI=1S/C20H21ClN6O2S/c1-13-8-19-23-11-18(27(19)12-16(13)14-4-6-22-7-5-14)15-9-17(20(21)24-10-15)25-30(28,29)26(2)3/h4-8,10-12,15,25H,9H2,1-3H3. The molecule has 0 bridgehead atoms. The lowest BCUT2D eigenvalue weighted by molar-refractivity contribution is 0.510. The Bertz CT molecular complexity index is 1270. The molecule has 1 atom stereocenters. The summed E-state index contributed by atoms with van der Waals surface area (Å²) < 4.78 is 30.1. The second-order valence-electron chi connectivity index (χ2n) is 7.26. The van der Waals surface area contributed by atoms with Crippen molar-refractivity contribution >= 4 is 33.7 Å². The lowest BCUT2D eigenvalue weighted by atomic mass is 9.99. The molecule has 0 aliphatic carbocycles. The van der Waals surface area contributed by atoms with Gasteiger partial charge in [-0.25, -0.2) is 9.98 Å². The van der Waals surface area contributed by atoms with Gasteiger partial charge in [-0.15, -0.1) is 0 Å². The highest BCUT2D eigenvalue weighted by Gasteiger charge is 2.25. The maximum absolute atomic E-state index is 12.2. The number of fused-ring (bicyclic) bond motifs is 1. The van der Waals surface area contributed by atoms with Crippen LogP contribution in [-0.2, 0) is 10.2 Å². The summed E-state index contributed by atoms with van der Waals surface area (Å²) in [6.45, 7) is 2.04. The third kappa shape index (κ3) is 3.83. The topological polar surface area (TPSA) is 92.0 Å². The van der Waals surface area contributed by atoms with E-state index in [1.54, 1.807) is 24.8 Å². The van der Waals surface area contributed by atoms with Gasteiger partial charge < -0.3 is 4.40 Å². The molecule has 0 saturated heterocycles. The van der Waals surface area contributed by atoms with E-state index in [0.717, 1.165) is 32.3 Å². The van der Waals surface area contributed by atoms with Crippen molar-refractivity contribution < 1.29 is 8.42 Å². The molecule has 3 aromatic heterocycles. The zero-order chi connectivity index (χ0) is 21.5. The van der Waals surface area contributed by atoms with Crippen LogP contribution >= 0.6 is 11.6 Å². The maximum atomic E-state index is 12.2. The first-order valence-corrected chi connectivity index (χ1v) is 11.1. The number of nitrogens with zero attached hydrogens (tertiary/aromatic N) is 5. The van der Waals surface area contributed by atoms with E-state index in [2.05, 4.69) is 19.7 Å². The number of aryl methyl sites for hydroxylation is 1. The molecule has 1 aliphatic rings. The lowest BCUT2D eigenvalue weighted by Crippen LogP contribution is -2.36. The number of rotatable bonds is 5. The predicted molar refractivity (Wildman–Crippen MR) is 118 cm³/mol. The first kappa shape index (κ1) is 20.5. The van der Waals surface area contributed by atoms with Crippen LogP contribution in [0.1, 0.15) is 23.6 Å². The molecule has 1 unspecified atom stereocenters. The zero-order valence-electron chi connectivity index (χ0n) is 16.7. The number of allylic oxidation sites excluding steroid dienone is 1.